The third-order valence-corrected chi connectivity index (χ3v) is 5.66. The minimum absolute atomic E-state index is 0.142. The lowest BCUT2D eigenvalue weighted by atomic mass is 9.83. The predicted octanol–water partition coefficient (Wildman–Crippen LogP) is 6.50. The molecule has 0 bridgehead atoms. The van der Waals surface area contributed by atoms with Gasteiger partial charge in [-0.2, -0.15) is 0 Å². The second-order valence-electron chi connectivity index (χ2n) is 7.58. The van der Waals surface area contributed by atoms with Gasteiger partial charge in [-0.15, -0.1) is 11.6 Å². The molecule has 0 amide bonds. The maximum absolute atomic E-state index is 7.32. The zero-order chi connectivity index (χ0) is 16.9. The summed E-state index contributed by atoms with van der Waals surface area (Å²) in [6, 6.07) is 25.8. The fraction of sp³-hybridized carbons (Fsp3) is 0.217. The van der Waals surface area contributed by atoms with Crippen LogP contribution in [0.2, 0.25) is 0 Å². The Morgan fingerprint density at radius 3 is 1.58 bits per heavy atom. The molecule has 4 rings (SSSR count). The largest absolute Gasteiger partial charge is 0.121 e. The monoisotopic (exact) mass is 332 g/mol. The first-order valence-corrected chi connectivity index (χ1v) is 8.79. The third-order valence-electron chi connectivity index (χ3n) is 5.04. The Balaban J connectivity index is 1.94. The molecule has 120 valence electrons. The summed E-state index contributed by atoms with van der Waals surface area (Å²) in [6.07, 6.45) is 0. The van der Waals surface area contributed by atoms with Gasteiger partial charge in [-0.3, -0.25) is 0 Å². The Labute approximate surface area is 149 Å². The van der Waals surface area contributed by atoms with E-state index in [1.54, 1.807) is 0 Å². The Bertz CT molecular complexity index is 852. The average Bonchev–Trinajstić information content (AvgIpc) is 2.86. The van der Waals surface area contributed by atoms with Crippen LogP contribution < -0.4 is 0 Å². The molecule has 0 N–H and O–H groups in total. The van der Waals surface area contributed by atoms with Crippen molar-refractivity contribution in [3.8, 4) is 11.1 Å². The van der Waals surface area contributed by atoms with Crippen LogP contribution in [0.15, 0.2) is 72.8 Å². The van der Waals surface area contributed by atoms with Crippen molar-refractivity contribution in [2.45, 2.75) is 31.1 Å². The van der Waals surface area contributed by atoms with Crippen LogP contribution in [0.1, 0.15) is 43.0 Å². The number of hydrogen-bond acceptors (Lipinski definition) is 0. The summed E-state index contributed by atoms with van der Waals surface area (Å²) in [5.41, 5.74) is 7.43. The summed E-state index contributed by atoms with van der Waals surface area (Å²) < 4.78 is 0. The minimum Gasteiger partial charge on any atom is -0.103 e. The average molecular weight is 333 g/mol. The highest BCUT2D eigenvalue weighted by Crippen LogP contribution is 2.54. The Morgan fingerprint density at radius 2 is 1.12 bits per heavy atom. The van der Waals surface area contributed by atoms with Crippen molar-refractivity contribution in [2.24, 2.45) is 0 Å². The van der Waals surface area contributed by atoms with Crippen molar-refractivity contribution in [2.75, 3.05) is 0 Å². The van der Waals surface area contributed by atoms with Crippen LogP contribution in [0.5, 0.6) is 0 Å². The van der Waals surface area contributed by atoms with Gasteiger partial charge in [0.2, 0.25) is 0 Å². The predicted molar refractivity (Wildman–Crippen MR) is 103 cm³/mol. The molecule has 24 heavy (non-hydrogen) atoms. The van der Waals surface area contributed by atoms with E-state index in [0.29, 0.717) is 0 Å². The van der Waals surface area contributed by atoms with Gasteiger partial charge in [0.15, 0.2) is 0 Å². The van der Waals surface area contributed by atoms with E-state index in [9.17, 15) is 0 Å². The van der Waals surface area contributed by atoms with E-state index in [1.807, 2.05) is 0 Å². The molecule has 3 aromatic rings. The summed E-state index contributed by atoms with van der Waals surface area (Å²) in [5.74, 6) is 0. The molecule has 0 atom stereocenters. The lowest BCUT2D eigenvalue weighted by Crippen LogP contribution is -2.20. The van der Waals surface area contributed by atoms with Crippen LogP contribution in [0, 0.1) is 0 Å². The van der Waals surface area contributed by atoms with E-state index >= 15 is 0 Å². The van der Waals surface area contributed by atoms with E-state index in [0.717, 1.165) is 5.56 Å². The Hall–Kier alpha value is -2.05. The highest BCUT2D eigenvalue weighted by atomic mass is 35.5. The van der Waals surface area contributed by atoms with Crippen molar-refractivity contribution in [1.82, 2.24) is 0 Å². The van der Waals surface area contributed by atoms with Gasteiger partial charge in [0.25, 0.3) is 0 Å². The van der Waals surface area contributed by atoms with Crippen LogP contribution in [-0.2, 0) is 10.3 Å². The van der Waals surface area contributed by atoms with Gasteiger partial charge in [0.05, 0.1) is 0 Å². The molecule has 0 aromatic heterocycles. The molecular formula is C23H21Cl. The number of rotatable bonds is 1. The molecule has 0 nitrogen and oxygen atoms in total. The second kappa shape index (κ2) is 5.22. The molecule has 0 heterocycles. The summed E-state index contributed by atoms with van der Waals surface area (Å²) in [7, 11) is 0. The molecule has 0 radical (unpaired) electrons. The van der Waals surface area contributed by atoms with E-state index in [4.69, 9.17) is 11.6 Å². The van der Waals surface area contributed by atoms with Crippen LogP contribution in [0.4, 0.5) is 0 Å². The molecular weight excluding hydrogens is 312 g/mol. The molecule has 0 aliphatic heterocycles. The topological polar surface area (TPSA) is 0 Å². The molecule has 1 heteroatoms. The van der Waals surface area contributed by atoms with Gasteiger partial charge in [-0.1, -0.05) is 93.6 Å². The highest BCUT2D eigenvalue weighted by Gasteiger charge is 2.42. The third kappa shape index (κ3) is 2.13. The fourth-order valence-electron chi connectivity index (χ4n) is 3.69. The first-order chi connectivity index (χ1) is 11.4. The van der Waals surface area contributed by atoms with E-state index in [2.05, 4.69) is 93.6 Å². The summed E-state index contributed by atoms with van der Waals surface area (Å²) in [4.78, 5) is -0.608. The normalized spacial score (nSPS) is 15.0. The van der Waals surface area contributed by atoms with Gasteiger partial charge < -0.3 is 0 Å². The van der Waals surface area contributed by atoms with Crippen molar-refractivity contribution in [3.63, 3.8) is 0 Å². The molecule has 0 saturated carbocycles. The summed E-state index contributed by atoms with van der Waals surface area (Å²) >= 11 is 7.32. The SMILES string of the molecule is CC(C)(C)c1ccc(C2(Cl)c3ccccc3-c3ccccc32)cc1. The zero-order valence-corrected chi connectivity index (χ0v) is 15.1. The highest BCUT2D eigenvalue weighted by molar-refractivity contribution is 6.30. The Kier molecular flexibility index (Phi) is 3.37. The van der Waals surface area contributed by atoms with Gasteiger partial charge in [-0.05, 0) is 38.8 Å². The van der Waals surface area contributed by atoms with Crippen LogP contribution in [-0.4, -0.2) is 0 Å². The van der Waals surface area contributed by atoms with E-state index in [1.165, 1.54) is 27.8 Å². The van der Waals surface area contributed by atoms with Gasteiger partial charge in [0.1, 0.15) is 4.87 Å². The van der Waals surface area contributed by atoms with Gasteiger partial charge in [0, 0.05) is 0 Å². The maximum Gasteiger partial charge on any atom is 0.121 e. The zero-order valence-electron chi connectivity index (χ0n) is 14.3. The number of hydrogen-bond donors (Lipinski definition) is 0. The molecule has 0 fully saturated rings. The molecule has 0 saturated heterocycles. The lowest BCUT2D eigenvalue weighted by Gasteiger charge is -2.27. The first kappa shape index (κ1) is 15.5. The molecule has 1 aliphatic rings. The fourth-order valence-corrected chi connectivity index (χ4v) is 4.15. The van der Waals surface area contributed by atoms with Crippen molar-refractivity contribution in [1.29, 1.82) is 0 Å². The first-order valence-electron chi connectivity index (χ1n) is 8.42. The summed E-state index contributed by atoms with van der Waals surface area (Å²) in [5, 5.41) is 0. The van der Waals surface area contributed by atoms with Crippen LogP contribution >= 0.6 is 11.6 Å². The standard InChI is InChI=1S/C23H21Cl/c1-22(2,3)16-12-14-17(15-13-16)23(24)20-10-6-4-8-18(20)19-9-5-7-11-21(19)23/h4-15H,1-3H3. The van der Waals surface area contributed by atoms with Crippen LogP contribution in [0.25, 0.3) is 11.1 Å². The maximum atomic E-state index is 7.32. The molecule has 0 spiro atoms. The smallest absolute Gasteiger partial charge is 0.103 e. The van der Waals surface area contributed by atoms with Crippen molar-refractivity contribution >= 4 is 11.6 Å². The number of halogens is 1. The van der Waals surface area contributed by atoms with Crippen LogP contribution in [0.3, 0.4) is 0 Å². The number of benzene rings is 3. The number of fused-ring (bicyclic) bond motifs is 3. The van der Waals surface area contributed by atoms with Gasteiger partial charge in [-0.25, -0.2) is 0 Å². The Morgan fingerprint density at radius 1 is 0.667 bits per heavy atom. The van der Waals surface area contributed by atoms with Crippen molar-refractivity contribution < 1.29 is 0 Å². The molecule has 3 aromatic carbocycles. The number of alkyl halides is 1. The molecule has 1 aliphatic carbocycles. The lowest BCUT2D eigenvalue weighted by molar-refractivity contribution is 0.590. The second-order valence-corrected chi connectivity index (χ2v) is 8.14. The van der Waals surface area contributed by atoms with E-state index in [-0.39, 0.29) is 5.41 Å². The summed E-state index contributed by atoms with van der Waals surface area (Å²) in [6.45, 7) is 6.70. The van der Waals surface area contributed by atoms with Gasteiger partial charge >= 0.3 is 0 Å². The quantitative estimate of drug-likeness (QED) is 0.446. The molecule has 0 unspecified atom stereocenters. The minimum atomic E-state index is -0.608. The van der Waals surface area contributed by atoms with Crippen molar-refractivity contribution in [3.05, 3.63) is 95.1 Å². The van der Waals surface area contributed by atoms with E-state index < -0.39 is 4.87 Å².